The third kappa shape index (κ3) is 6.15. The van der Waals surface area contributed by atoms with Gasteiger partial charge in [-0.05, 0) is 61.0 Å². The molecule has 0 bridgehead atoms. The highest BCUT2D eigenvalue weighted by molar-refractivity contribution is 8.00. The number of amides is 3. The van der Waals surface area contributed by atoms with Crippen LogP contribution in [-0.4, -0.2) is 59.3 Å². The van der Waals surface area contributed by atoms with Gasteiger partial charge in [-0.3, -0.25) is 33.9 Å². The molecule has 14 nitrogen and oxygen atoms in total. The molecule has 1 aromatic heterocycles. The number of nitrogens with zero attached hydrogens (tertiary/aromatic N) is 3. The smallest absolute Gasteiger partial charge is 0.338 e. The molecule has 0 aliphatic carbocycles. The summed E-state index contributed by atoms with van der Waals surface area (Å²) < 4.78 is 17.2. The molecule has 1 saturated heterocycles. The number of nitro groups is 1. The number of carbonyl (C=O) groups is 4. The minimum atomic E-state index is -0.980. The first-order chi connectivity index (χ1) is 23.6. The van der Waals surface area contributed by atoms with Gasteiger partial charge in [-0.1, -0.05) is 29.2 Å². The highest BCUT2D eigenvalue weighted by Crippen LogP contribution is 2.54. The average molecular weight is 705 g/mol. The van der Waals surface area contributed by atoms with Crippen molar-refractivity contribution in [3.8, 4) is 11.5 Å². The summed E-state index contributed by atoms with van der Waals surface area (Å²) in [5.74, 6) is -3.02. The van der Waals surface area contributed by atoms with Gasteiger partial charge in [-0.2, -0.15) is 0 Å². The van der Waals surface area contributed by atoms with Gasteiger partial charge in [0, 0.05) is 28.6 Å². The van der Waals surface area contributed by atoms with Gasteiger partial charge in [0.25, 0.3) is 5.69 Å². The van der Waals surface area contributed by atoms with Gasteiger partial charge in [-0.25, -0.2) is 9.69 Å². The molecule has 3 amide bonds. The minimum Gasteiger partial charge on any atom is -0.493 e. The molecule has 0 saturated carbocycles. The van der Waals surface area contributed by atoms with Crippen molar-refractivity contribution in [3.05, 3.63) is 103 Å². The number of benzene rings is 3. The van der Waals surface area contributed by atoms with Crippen LogP contribution >= 0.6 is 23.1 Å². The Bertz CT molecular complexity index is 2040. The normalized spacial score (nSPS) is 18.0. The number of fused-ring (bicyclic) bond motifs is 2. The number of methoxy groups -OCH3 is 2. The summed E-state index contributed by atoms with van der Waals surface area (Å²) in [6, 6.07) is 16.3. The van der Waals surface area contributed by atoms with E-state index < -0.39 is 50.6 Å². The number of rotatable bonds is 10. The number of ether oxygens (including phenoxy) is 3. The lowest BCUT2D eigenvalue weighted by molar-refractivity contribution is -0.384. The number of hydrogen-bond acceptors (Lipinski definition) is 12. The zero-order valence-corrected chi connectivity index (χ0v) is 27.9. The van der Waals surface area contributed by atoms with Crippen LogP contribution in [0, 0.1) is 16.0 Å². The van der Waals surface area contributed by atoms with E-state index in [9.17, 15) is 34.1 Å². The highest BCUT2D eigenvalue weighted by Gasteiger charge is 2.57. The van der Waals surface area contributed by atoms with E-state index in [0.717, 1.165) is 28.0 Å². The molecule has 49 heavy (non-hydrogen) atoms. The number of esters is 1. The van der Waals surface area contributed by atoms with Gasteiger partial charge in [0.2, 0.25) is 17.7 Å². The molecule has 3 atom stereocenters. The standard InChI is InChI=1S/C33H28N4O10S2/c1-4-47-32(41)17-5-8-19(9-6-17)34-24(38)16-35-31-28(49-33(35)42)25(18-7-14-22(45-2)23(15-18)46-3)26-27(48-31)30(40)36(29(26)39)20-10-12-21(13-11-20)37(43)44/h5-15,25-27H,4,16H2,1-3H3,(H,34,38)/t25-,26?,27?/m1/s1. The highest BCUT2D eigenvalue weighted by atomic mass is 32.2. The van der Waals surface area contributed by atoms with Crippen LogP contribution in [0.3, 0.4) is 0 Å². The molecule has 2 aliphatic heterocycles. The fourth-order valence-corrected chi connectivity index (χ4v) is 8.66. The van der Waals surface area contributed by atoms with E-state index >= 15 is 0 Å². The quantitative estimate of drug-likeness (QED) is 0.107. The Balaban J connectivity index is 1.37. The summed E-state index contributed by atoms with van der Waals surface area (Å²) in [6.07, 6.45) is 0. The summed E-state index contributed by atoms with van der Waals surface area (Å²) in [4.78, 5) is 78.5. The molecule has 2 aliphatic rings. The van der Waals surface area contributed by atoms with Gasteiger partial charge >= 0.3 is 10.8 Å². The van der Waals surface area contributed by atoms with Crippen molar-refractivity contribution < 1.29 is 38.3 Å². The topological polar surface area (TPSA) is 176 Å². The number of carbonyl (C=O) groups excluding carboxylic acids is 4. The predicted molar refractivity (Wildman–Crippen MR) is 180 cm³/mol. The summed E-state index contributed by atoms with van der Waals surface area (Å²) in [5, 5.41) is 13.3. The Morgan fingerprint density at radius 3 is 2.27 bits per heavy atom. The lowest BCUT2D eigenvalue weighted by Crippen LogP contribution is -2.33. The van der Waals surface area contributed by atoms with Crippen molar-refractivity contribution in [2.45, 2.75) is 29.7 Å². The fourth-order valence-electron chi connectivity index (χ4n) is 5.89. The van der Waals surface area contributed by atoms with Gasteiger partial charge in [0.15, 0.2) is 11.5 Å². The van der Waals surface area contributed by atoms with Crippen LogP contribution in [0.15, 0.2) is 76.6 Å². The number of nitrogens with one attached hydrogen (secondary N) is 1. The Hall–Kier alpha value is -5.48. The van der Waals surface area contributed by atoms with Crippen molar-refractivity contribution in [2.75, 3.05) is 31.0 Å². The zero-order chi connectivity index (χ0) is 35.0. The molecule has 0 radical (unpaired) electrons. The van der Waals surface area contributed by atoms with E-state index in [2.05, 4.69) is 5.32 Å². The second kappa shape index (κ2) is 13.6. The van der Waals surface area contributed by atoms with Crippen molar-refractivity contribution in [1.29, 1.82) is 0 Å². The molecule has 252 valence electrons. The summed E-state index contributed by atoms with van der Waals surface area (Å²) in [6.45, 7) is 1.53. The molecule has 16 heteroatoms. The van der Waals surface area contributed by atoms with E-state index in [1.165, 1.54) is 67.3 Å². The van der Waals surface area contributed by atoms with Gasteiger partial charge in [-0.15, -0.1) is 0 Å². The second-order valence-corrected chi connectivity index (χ2v) is 13.0. The van der Waals surface area contributed by atoms with Gasteiger partial charge < -0.3 is 19.5 Å². The second-order valence-electron chi connectivity index (χ2n) is 10.9. The van der Waals surface area contributed by atoms with Crippen LogP contribution in [0.4, 0.5) is 17.1 Å². The van der Waals surface area contributed by atoms with Crippen LogP contribution in [0.2, 0.25) is 0 Å². The van der Waals surface area contributed by atoms with E-state index in [1.807, 2.05) is 0 Å². The molecule has 1 N–H and O–H groups in total. The monoisotopic (exact) mass is 704 g/mol. The molecule has 2 unspecified atom stereocenters. The number of nitro benzene ring substituents is 1. The number of thioether (sulfide) groups is 1. The number of hydrogen-bond donors (Lipinski definition) is 1. The maximum absolute atomic E-state index is 14.1. The van der Waals surface area contributed by atoms with Crippen molar-refractivity contribution in [2.24, 2.45) is 5.92 Å². The molecule has 1 fully saturated rings. The molecule has 6 rings (SSSR count). The summed E-state index contributed by atoms with van der Waals surface area (Å²) in [7, 11) is 2.95. The predicted octanol–water partition coefficient (Wildman–Crippen LogP) is 4.45. The molecule has 3 heterocycles. The molecule has 3 aromatic carbocycles. The van der Waals surface area contributed by atoms with Crippen LogP contribution in [0.25, 0.3) is 0 Å². The molecular weight excluding hydrogens is 677 g/mol. The van der Waals surface area contributed by atoms with E-state index in [-0.39, 0.29) is 24.5 Å². The first-order valence-electron chi connectivity index (χ1n) is 14.9. The summed E-state index contributed by atoms with van der Waals surface area (Å²) in [5.41, 5.74) is 1.27. The lowest BCUT2D eigenvalue weighted by Gasteiger charge is -2.31. The maximum atomic E-state index is 14.1. The van der Waals surface area contributed by atoms with Crippen molar-refractivity contribution in [3.63, 3.8) is 0 Å². The van der Waals surface area contributed by atoms with E-state index in [1.54, 1.807) is 25.1 Å². The van der Waals surface area contributed by atoms with Crippen molar-refractivity contribution >= 4 is 63.9 Å². The van der Waals surface area contributed by atoms with Crippen LogP contribution in [-0.2, 0) is 25.7 Å². The van der Waals surface area contributed by atoms with Crippen molar-refractivity contribution in [1.82, 2.24) is 4.57 Å². The van der Waals surface area contributed by atoms with E-state index in [4.69, 9.17) is 14.2 Å². The number of anilines is 2. The van der Waals surface area contributed by atoms with E-state index in [0.29, 0.717) is 38.2 Å². The average Bonchev–Trinajstić information content (AvgIpc) is 3.54. The number of aromatic nitrogens is 1. The number of imide groups is 1. The van der Waals surface area contributed by atoms with Gasteiger partial charge in [0.05, 0.1) is 47.9 Å². The third-order valence-corrected chi connectivity index (χ3v) is 10.7. The number of thiazole rings is 1. The lowest BCUT2D eigenvalue weighted by atomic mass is 9.83. The van der Waals surface area contributed by atoms with Gasteiger partial charge in [0.1, 0.15) is 11.8 Å². The Morgan fingerprint density at radius 2 is 1.63 bits per heavy atom. The summed E-state index contributed by atoms with van der Waals surface area (Å²) >= 11 is 1.91. The SMILES string of the molecule is CCOC(=O)c1ccc(NC(=O)Cn2c3c(sc2=O)[C@H](c2ccc(OC)c(OC)c2)C2C(=O)N(c4ccc([N+](=O)[O-])cc4)C(=O)C2S3)cc1. The largest absolute Gasteiger partial charge is 0.493 e. The van der Waals surface area contributed by atoms with Crippen LogP contribution in [0.1, 0.15) is 33.6 Å². The zero-order valence-electron chi connectivity index (χ0n) is 26.2. The molecule has 0 spiro atoms. The Kier molecular flexibility index (Phi) is 9.25. The fraction of sp³-hybridized carbons (Fsp3) is 0.242. The first kappa shape index (κ1) is 33.4. The third-order valence-electron chi connectivity index (χ3n) is 8.12. The number of non-ortho nitro benzene ring substituents is 1. The minimum absolute atomic E-state index is 0.177. The first-order valence-corrected chi connectivity index (χ1v) is 16.6. The molecular formula is C33H28N4O10S2. The van der Waals surface area contributed by atoms with Crippen LogP contribution < -0.4 is 24.6 Å². The molecule has 4 aromatic rings. The Labute approximate surface area is 286 Å². The Morgan fingerprint density at radius 1 is 0.939 bits per heavy atom. The maximum Gasteiger partial charge on any atom is 0.338 e. The van der Waals surface area contributed by atoms with Crippen LogP contribution in [0.5, 0.6) is 11.5 Å².